The Morgan fingerprint density at radius 1 is 0.425 bits per heavy atom. The number of rotatable bonds is 14. The first-order valence-corrected chi connectivity index (χ1v) is 27.3. The predicted molar refractivity (Wildman–Crippen MR) is 306 cm³/mol. The Morgan fingerprint density at radius 3 is 1.23 bits per heavy atom. The Morgan fingerprint density at radius 2 is 0.822 bits per heavy atom. The molecule has 370 valence electrons. The van der Waals surface area contributed by atoms with Crippen molar-refractivity contribution in [2.75, 3.05) is 52.9 Å². The van der Waals surface area contributed by atoms with Gasteiger partial charge in [0.05, 0.1) is 46.2 Å². The van der Waals surface area contributed by atoms with Crippen LogP contribution in [-0.2, 0) is 35.2 Å². The van der Waals surface area contributed by atoms with Crippen molar-refractivity contribution in [1.29, 1.82) is 0 Å². The van der Waals surface area contributed by atoms with Crippen molar-refractivity contribution >= 4 is 64.6 Å². The molecule has 13 rings (SSSR count). The van der Waals surface area contributed by atoms with E-state index in [1.807, 2.05) is 0 Å². The summed E-state index contributed by atoms with van der Waals surface area (Å²) in [6.07, 6.45) is 3.91. The molecule has 2 aliphatic heterocycles. The van der Waals surface area contributed by atoms with Gasteiger partial charge in [-0.2, -0.15) is 0 Å². The molecule has 0 saturated carbocycles. The third-order valence-electron chi connectivity index (χ3n) is 18.1. The van der Waals surface area contributed by atoms with Gasteiger partial charge < -0.3 is 18.9 Å². The van der Waals surface area contributed by atoms with Crippen LogP contribution < -0.4 is 0 Å². The zero-order valence-electron chi connectivity index (χ0n) is 44.3. The van der Waals surface area contributed by atoms with Crippen molar-refractivity contribution in [2.45, 2.75) is 97.3 Å². The fraction of sp³-hybridized carbons (Fsp3) is 0.362. The van der Waals surface area contributed by atoms with Crippen molar-refractivity contribution < 1.29 is 18.9 Å². The molecule has 0 atom stereocenters. The van der Waals surface area contributed by atoms with Crippen LogP contribution in [0.3, 0.4) is 0 Å². The van der Waals surface area contributed by atoms with Crippen LogP contribution in [-0.4, -0.2) is 52.9 Å². The molecule has 3 aliphatic rings. The van der Waals surface area contributed by atoms with Gasteiger partial charge in [0.2, 0.25) is 0 Å². The minimum Gasteiger partial charge on any atom is -0.381 e. The highest BCUT2D eigenvalue weighted by molar-refractivity contribution is 6.27. The summed E-state index contributed by atoms with van der Waals surface area (Å²) < 4.78 is 25.4. The van der Waals surface area contributed by atoms with Crippen molar-refractivity contribution in [1.82, 2.24) is 0 Å². The van der Waals surface area contributed by atoms with Gasteiger partial charge >= 0.3 is 0 Å². The molecule has 1 aliphatic carbocycles. The molecule has 0 N–H and O–H groups in total. The first-order valence-electron chi connectivity index (χ1n) is 27.3. The summed E-state index contributed by atoms with van der Waals surface area (Å²) in [4.78, 5) is 0. The molecule has 10 aromatic rings. The first kappa shape index (κ1) is 46.9. The van der Waals surface area contributed by atoms with Crippen molar-refractivity contribution in [3.63, 3.8) is 0 Å². The third kappa shape index (κ3) is 7.52. The van der Waals surface area contributed by atoms with Crippen LogP contribution in [0.4, 0.5) is 0 Å². The van der Waals surface area contributed by atoms with E-state index in [4.69, 9.17) is 18.9 Å². The summed E-state index contributed by atoms with van der Waals surface area (Å²) in [5, 5.41) is 15.8. The molecule has 0 unspecified atom stereocenters. The summed E-state index contributed by atoms with van der Waals surface area (Å²) in [5.41, 5.74) is 13.0. The zero-order chi connectivity index (χ0) is 50.1. The average molecular weight is 963 g/mol. The number of ether oxygens (including phenoxy) is 4. The molecule has 0 amide bonds. The molecule has 0 aromatic heterocycles. The van der Waals surface area contributed by atoms with E-state index in [2.05, 4.69) is 189 Å². The molecular formula is C69H70O4. The summed E-state index contributed by atoms with van der Waals surface area (Å²) in [7, 11) is 0. The Balaban J connectivity index is 0.969. The highest BCUT2D eigenvalue weighted by Crippen LogP contribution is 2.55. The predicted octanol–water partition coefficient (Wildman–Crippen LogP) is 17.3. The number of hydrogen-bond acceptors (Lipinski definition) is 4. The number of benzene rings is 10. The van der Waals surface area contributed by atoms with Crippen LogP contribution in [0.1, 0.15) is 103 Å². The second-order valence-corrected chi connectivity index (χ2v) is 24.8. The van der Waals surface area contributed by atoms with E-state index < -0.39 is 5.41 Å². The quantitative estimate of drug-likeness (QED) is 0.0804. The molecule has 73 heavy (non-hydrogen) atoms. The van der Waals surface area contributed by atoms with Crippen molar-refractivity contribution in [3.05, 3.63) is 156 Å². The second kappa shape index (κ2) is 17.1. The van der Waals surface area contributed by atoms with E-state index >= 15 is 0 Å². The molecule has 2 fully saturated rings. The van der Waals surface area contributed by atoms with Gasteiger partial charge in [-0.25, -0.2) is 0 Å². The van der Waals surface area contributed by atoms with E-state index in [0.717, 1.165) is 58.7 Å². The van der Waals surface area contributed by atoms with Crippen LogP contribution in [0.25, 0.3) is 98.0 Å². The van der Waals surface area contributed by atoms with Crippen LogP contribution in [0.15, 0.2) is 133 Å². The molecule has 4 heteroatoms. The summed E-state index contributed by atoms with van der Waals surface area (Å²) in [6, 6.07) is 52.6. The lowest BCUT2D eigenvalue weighted by Gasteiger charge is -2.42. The standard InChI is InChI=1S/C69H70O4/c1-9-67(37-71-38-67)36-70-29-11-28-69(42-73-41-68(10-2)39-72-40-68)59-34-45(53-22-16-43-12-14-47-30-51(65(3,4)5)32-49-20-26-57(53)63(43)61(47)49)18-24-55(59)56-25-19-46(35-60(56)69)54-23-17-44-13-15-48-31-52(66(6,7)8)33-50-21-27-58(54)64(44)62(48)50/h12-27,30-35H,9-11,28-29,36-42H2,1-8H3. The minimum absolute atomic E-state index is 0.0578. The highest BCUT2D eigenvalue weighted by atomic mass is 16.5. The lowest BCUT2D eigenvalue weighted by atomic mass is 9.73. The van der Waals surface area contributed by atoms with Gasteiger partial charge in [-0.3, -0.25) is 0 Å². The maximum Gasteiger partial charge on any atom is 0.0604 e. The maximum atomic E-state index is 7.20. The fourth-order valence-corrected chi connectivity index (χ4v) is 13.1. The summed E-state index contributed by atoms with van der Waals surface area (Å²) in [5.74, 6) is 0. The van der Waals surface area contributed by atoms with Gasteiger partial charge in [0.25, 0.3) is 0 Å². The Bertz CT molecular complexity index is 3500. The monoisotopic (exact) mass is 963 g/mol. The van der Waals surface area contributed by atoms with Crippen molar-refractivity contribution in [3.8, 4) is 33.4 Å². The molecule has 2 heterocycles. The Kier molecular flexibility index (Phi) is 11.0. The van der Waals surface area contributed by atoms with E-state index in [-0.39, 0.29) is 21.7 Å². The number of fused-ring (bicyclic) bond motifs is 3. The van der Waals surface area contributed by atoms with Crippen molar-refractivity contribution in [2.24, 2.45) is 10.8 Å². The van der Waals surface area contributed by atoms with Crippen LogP contribution in [0, 0.1) is 10.8 Å². The maximum absolute atomic E-state index is 7.20. The lowest BCUT2D eigenvalue weighted by Crippen LogP contribution is -2.46. The van der Waals surface area contributed by atoms with E-state index in [9.17, 15) is 0 Å². The number of hydrogen-bond donors (Lipinski definition) is 0. The van der Waals surface area contributed by atoms with Gasteiger partial charge in [0, 0.05) is 22.9 Å². The first-order chi connectivity index (χ1) is 35.2. The third-order valence-corrected chi connectivity index (χ3v) is 18.1. The average Bonchev–Trinajstić information content (AvgIpc) is 3.63. The fourth-order valence-electron chi connectivity index (χ4n) is 13.1. The van der Waals surface area contributed by atoms with Gasteiger partial charge in [-0.1, -0.05) is 177 Å². The van der Waals surface area contributed by atoms with Crippen LogP contribution in [0.2, 0.25) is 0 Å². The largest absolute Gasteiger partial charge is 0.381 e. The summed E-state index contributed by atoms with van der Waals surface area (Å²) >= 11 is 0. The van der Waals surface area contributed by atoms with Gasteiger partial charge in [0.15, 0.2) is 0 Å². The Labute approximate surface area is 431 Å². The molecule has 0 bridgehead atoms. The van der Waals surface area contributed by atoms with Gasteiger partial charge in [-0.15, -0.1) is 0 Å². The Hall–Kier alpha value is -5.88. The minimum atomic E-state index is -0.429. The highest BCUT2D eigenvalue weighted by Gasteiger charge is 2.46. The summed E-state index contributed by atoms with van der Waals surface area (Å²) in [6.45, 7) is 24.2. The molecule has 10 aromatic carbocycles. The van der Waals surface area contributed by atoms with Gasteiger partial charge in [-0.05, 0) is 169 Å². The van der Waals surface area contributed by atoms with E-state index in [0.29, 0.717) is 19.8 Å². The topological polar surface area (TPSA) is 36.9 Å². The molecule has 0 spiro atoms. The zero-order valence-corrected chi connectivity index (χ0v) is 44.3. The van der Waals surface area contributed by atoms with Gasteiger partial charge in [0.1, 0.15) is 0 Å². The lowest BCUT2D eigenvalue weighted by molar-refractivity contribution is -0.154. The van der Waals surface area contributed by atoms with E-state index in [1.165, 1.54) is 120 Å². The SMILES string of the molecule is CCC1(COCCCC2(COCC3(CC)COC3)c3cc(-c4ccc5ccc6cc(C(C)(C)C)cc7ccc4c5c67)ccc3-c3ccc(-c4ccc5ccc6cc(C(C)(C)C)cc7ccc4c5c67)cc32)COC1. The molecule has 4 nitrogen and oxygen atoms in total. The smallest absolute Gasteiger partial charge is 0.0604 e. The van der Waals surface area contributed by atoms with Crippen LogP contribution in [0.5, 0.6) is 0 Å². The molecular weight excluding hydrogens is 893 g/mol. The second-order valence-electron chi connectivity index (χ2n) is 24.8. The van der Waals surface area contributed by atoms with E-state index in [1.54, 1.807) is 0 Å². The molecule has 2 saturated heterocycles. The van der Waals surface area contributed by atoms with Crippen LogP contribution >= 0.6 is 0 Å². The normalized spacial score (nSPS) is 17.0. The molecule has 0 radical (unpaired) electrons.